The number of hydrogen-bond donors (Lipinski definition) is 1. The molecule has 1 N–H and O–H groups in total. The van der Waals surface area contributed by atoms with E-state index in [-0.39, 0.29) is 5.91 Å². The number of rotatable bonds is 4. The van der Waals surface area contributed by atoms with Crippen molar-refractivity contribution >= 4 is 23.2 Å². The van der Waals surface area contributed by atoms with Gasteiger partial charge in [0.2, 0.25) is 0 Å². The van der Waals surface area contributed by atoms with Gasteiger partial charge in [-0.1, -0.05) is 48.0 Å². The van der Waals surface area contributed by atoms with Crippen molar-refractivity contribution in [3.05, 3.63) is 81.6 Å². The molecule has 0 atom stereocenters. The Morgan fingerprint density at radius 2 is 1.76 bits per heavy atom. The summed E-state index contributed by atoms with van der Waals surface area (Å²) in [6.45, 7) is 6.60. The highest BCUT2D eigenvalue weighted by Gasteiger charge is 2.17. The summed E-state index contributed by atoms with van der Waals surface area (Å²) in [6, 6.07) is 15.2. The molecule has 0 radical (unpaired) electrons. The molecule has 0 aliphatic rings. The highest BCUT2D eigenvalue weighted by atomic mass is 35.5. The third-order valence-electron chi connectivity index (χ3n) is 4.32. The van der Waals surface area contributed by atoms with Crippen molar-refractivity contribution in [1.82, 2.24) is 9.78 Å². The Kier molecular flexibility index (Phi) is 4.91. The van der Waals surface area contributed by atoms with Crippen LogP contribution in [0.4, 0.5) is 5.69 Å². The first-order chi connectivity index (χ1) is 12.0. The van der Waals surface area contributed by atoms with Crippen LogP contribution in [0.15, 0.2) is 48.5 Å². The second-order valence-corrected chi connectivity index (χ2v) is 6.47. The number of nitrogens with one attached hydrogen (secondary N) is 1. The predicted molar refractivity (Wildman–Crippen MR) is 101 cm³/mol. The molecule has 0 aliphatic carbocycles. The van der Waals surface area contributed by atoms with Crippen LogP contribution in [0, 0.1) is 20.8 Å². The number of nitrogens with zero attached hydrogens (tertiary/aromatic N) is 2. The fourth-order valence-corrected chi connectivity index (χ4v) is 3.03. The van der Waals surface area contributed by atoms with Gasteiger partial charge in [0.15, 0.2) is 0 Å². The molecule has 4 nitrogen and oxygen atoms in total. The topological polar surface area (TPSA) is 46.9 Å². The van der Waals surface area contributed by atoms with Crippen molar-refractivity contribution in [2.45, 2.75) is 27.3 Å². The number of aryl methyl sites for hydroxylation is 2. The van der Waals surface area contributed by atoms with Crippen LogP contribution in [-0.2, 0) is 6.54 Å². The van der Waals surface area contributed by atoms with E-state index in [9.17, 15) is 4.79 Å². The maximum atomic E-state index is 12.5. The summed E-state index contributed by atoms with van der Waals surface area (Å²) >= 11 is 6.11. The fourth-order valence-electron chi connectivity index (χ4n) is 2.81. The normalized spacial score (nSPS) is 10.7. The number of hydrogen-bond acceptors (Lipinski definition) is 2. The van der Waals surface area contributed by atoms with Gasteiger partial charge >= 0.3 is 0 Å². The summed E-state index contributed by atoms with van der Waals surface area (Å²) in [4.78, 5) is 12.5. The zero-order valence-electron chi connectivity index (χ0n) is 14.5. The van der Waals surface area contributed by atoms with Gasteiger partial charge in [0.25, 0.3) is 5.91 Å². The monoisotopic (exact) mass is 353 g/mol. The molecule has 0 bridgehead atoms. The van der Waals surface area contributed by atoms with Gasteiger partial charge in [0.05, 0.1) is 34.2 Å². The molecule has 0 unspecified atom stereocenters. The molecular weight excluding hydrogens is 334 g/mol. The molecule has 0 fully saturated rings. The smallest absolute Gasteiger partial charge is 0.257 e. The summed E-state index contributed by atoms with van der Waals surface area (Å²) in [6.07, 6.45) is 0. The summed E-state index contributed by atoms with van der Waals surface area (Å²) < 4.78 is 1.92. The van der Waals surface area contributed by atoms with E-state index in [2.05, 4.69) is 29.5 Å². The van der Waals surface area contributed by atoms with E-state index in [0.717, 1.165) is 17.1 Å². The molecule has 1 aromatic heterocycles. The Bertz CT molecular complexity index is 930. The number of carbonyl (C=O) groups is 1. The van der Waals surface area contributed by atoms with Crippen LogP contribution < -0.4 is 5.32 Å². The van der Waals surface area contributed by atoms with Crippen LogP contribution >= 0.6 is 11.6 Å². The molecule has 0 saturated heterocycles. The number of carbonyl (C=O) groups excluding carboxylic acids is 1. The molecule has 0 aliphatic heterocycles. The largest absolute Gasteiger partial charge is 0.319 e. The van der Waals surface area contributed by atoms with Gasteiger partial charge in [-0.05, 0) is 44.0 Å². The first-order valence-corrected chi connectivity index (χ1v) is 8.49. The number of halogens is 1. The molecule has 2 aromatic carbocycles. The van der Waals surface area contributed by atoms with Gasteiger partial charge in [-0.3, -0.25) is 9.48 Å². The van der Waals surface area contributed by atoms with E-state index in [0.29, 0.717) is 17.1 Å². The molecule has 1 heterocycles. The van der Waals surface area contributed by atoms with Crippen LogP contribution in [0.5, 0.6) is 0 Å². The van der Waals surface area contributed by atoms with E-state index >= 15 is 0 Å². The van der Waals surface area contributed by atoms with E-state index in [1.807, 2.05) is 30.7 Å². The fraction of sp³-hybridized carbons (Fsp3) is 0.200. The van der Waals surface area contributed by atoms with Crippen molar-refractivity contribution in [3.63, 3.8) is 0 Å². The molecule has 25 heavy (non-hydrogen) atoms. The predicted octanol–water partition coefficient (Wildman–Crippen LogP) is 4.76. The lowest BCUT2D eigenvalue weighted by Gasteiger charge is -2.09. The van der Waals surface area contributed by atoms with E-state index in [1.54, 1.807) is 24.3 Å². The second kappa shape index (κ2) is 7.11. The minimum absolute atomic E-state index is 0.229. The Labute approximate surface area is 152 Å². The van der Waals surface area contributed by atoms with Crippen molar-refractivity contribution < 1.29 is 4.79 Å². The van der Waals surface area contributed by atoms with E-state index in [4.69, 9.17) is 11.6 Å². The zero-order chi connectivity index (χ0) is 18.0. The van der Waals surface area contributed by atoms with Crippen molar-refractivity contribution in [2.75, 3.05) is 5.32 Å². The quantitative estimate of drug-likeness (QED) is 0.734. The zero-order valence-corrected chi connectivity index (χ0v) is 15.3. The summed E-state index contributed by atoms with van der Waals surface area (Å²) in [5.74, 6) is -0.229. The average Bonchev–Trinajstić information content (AvgIpc) is 2.85. The first-order valence-electron chi connectivity index (χ1n) is 8.11. The molecule has 0 spiro atoms. The lowest BCUT2D eigenvalue weighted by atomic mass is 10.1. The van der Waals surface area contributed by atoms with Crippen molar-refractivity contribution in [3.8, 4) is 0 Å². The van der Waals surface area contributed by atoms with Crippen molar-refractivity contribution in [2.24, 2.45) is 0 Å². The summed E-state index contributed by atoms with van der Waals surface area (Å²) in [5.41, 5.74) is 5.31. The number of anilines is 1. The van der Waals surface area contributed by atoms with Gasteiger partial charge in [-0.25, -0.2) is 0 Å². The molecule has 5 heteroatoms. The Balaban J connectivity index is 1.86. The van der Waals surface area contributed by atoms with Crippen LogP contribution in [0.2, 0.25) is 5.02 Å². The first kappa shape index (κ1) is 17.2. The second-order valence-electron chi connectivity index (χ2n) is 6.06. The van der Waals surface area contributed by atoms with Gasteiger partial charge in [-0.15, -0.1) is 0 Å². The van der Waals surface area contributed by atoms with E-state index < -0.39 is 0 Å². The standard InChI is InChI=1S/C20H20ClN3O/c1-13-8-4-5-9-16(13)12-24-15(3)19(14(2)23-24)22-20(25)17-10-6-7-11-18(17)21/h4-11H,12H2,1-3H3,(H,22,25). The lowest BCUT2D eigenvalue weighted by Crippen LogP contribution is -2.14. The third-order valence-corrected chi connectivity index (χ3v) is 4.65. The van der Waals surface area contributed by atoms with Crippen LogP contribution in [0.3, 0.4) is 0 Å². The molecule has 3 aromatic rings. The lowest BCUT2D eigenvalue weighted by molar-refractivity contribution is 0.102. The van der Waals surface area contributed by atoms with E-state index in [1.165, 1.54) is 11.1 Å². The van der Waals surface area contributed by atoms with Gasteiger partial charge in [-0.2, -0.15) is 5.10 Å². The molecule has 3 rings (SSSR count). The summed E-state index contributed by atoms with van der Waals surface area (Å²) in [7, 11) is 0. The number of benzene rings is 2. The minimum Gasteiger partial charge on any atom is -0.319 e. The third kappa shape index (κ3) is 3.59. The van der Waals surface area contributed by atoms with Crippen LogP contribution in [0.1, 0.15) is 32.9 Å². The molecule has 128 valence electrons. The maximum absolute atomic E-state index is 12.5. The minimum atomic E-state index is -0.229. The average molecular weight is 354 g/mol. The number of amides is 1. The summed E-state index contributed by atoms with van der Waals surface area (Å²) in [5, 5.41) is 7.97. The van der Waals surface area contributed by atoms with Crippen LogP contribution in [0.25, 0.3) is 0 Å². The Morgan fingerprint density at radius 3 is 2.48 bits per heavy atom. The Hall–Kier alpha value is -2.59. The molecular formula is C20H20ClN3O. The number of aromatic nitrogens is 2. The van der Waals surface area contributed by atoms with Gasteiger partial charge in [0.1, 0.15) is 0 Å². The highest BCUT2D eigenvalue weighted by Crippen LogP contribution is 2.23. The molecule has 1 amide bonds. The maximum Gasteiger partial charge on any atom is 0.257 e. The van der Waals surface area contributed by atoms with Gasteiger partial charge in [0, 0.05) is 0 Å². The SMILES string of the molecule is Cc1ccccc1Cn1nc(C)c(NC(=O)c2ccccc2Cl)c1C. The Morgan fingerprint density at radius 1 is 1.08 bits per heavy atom. The van der Waals surface area contributed by atoms with Gasteiger partial charge < -0.3 is 5.32 Å². The van der Waals surface area contributed by atoms with Crippen LogP contribution in [-0.4, -0.2) is 15.7 Å². The van der Waals surface area contributed by atoms with Crippen molar-refractivity contribution in [1.29, 1.82) is 0 Å². The molecule has 0 saturated carbocycles. The highest BCUT2D eigenvalue weighted by molar-refractivity contribution is 6.34.